The van der Waals surface area contributed by atoms with Crippen molar-refractivity contribution in [3.8, 4) is 11.5 Å². The molecule has 0 radical (unpaired) electrons. The molecule has 0 saturated heterocycles. The molecular formula is C14H10Br2O4. The normalized spacial score (nSPS) is 10.4. The van der Waals surface area contributed by atoms with Gasteiger partial charge in [-0.1, -0.05) is 0 Å². The van der Waals surface area contributed by atoms with Gasteiger partial charge in [0.2, 0.25) is 0 Å². The van der Waals surface area contributed by atoms with Crippen molar-refractivity contribution in [3.05, 3.63) is 33.2 Å². The van der Waals surface area contributed by atoms with Gasteiger partial charge >= 0.3 is 11.9 Å². The van der Waals surface area contributed by atoms with Crippen LogP contribution in [0.3, 0.4) is 0 Å². The molecule has 0 heterocycles. The average molecular weight is 402 g/mol. The first kappa shape index (κ1) is 15.0. The van der Waals surface area contributed by atoms with Gasteiger partial charge in [0.05, 0.1) is 8.95 Å². The minimum Gasteiger partial charge on any atom is -0.425 e. The second-order valence-electron chi connectivity index (χ2n) is 4.04. The van der Waals surface area contributed by atoms with Crippen LogP contribution in [0.2, 0.25) is 0 Å². The molecule has 2 rings (SSSR count). The lowest BCUT2D eigenvalue weighted by molar-refractivity contribution is -0.132. The Bertz CT molecular complexity index is 649. The summed E-state index contributed by atoms with van der Waals surface area (Å²) in [4.78, 5) is 22.4. The average Bonchev–Trinajstić information content (AvgIpc) is 2.35. The first-order valence-electron chi connectivity index (χ1n) is 5.67. The molecule has 0 aromatic heterocycles. The van der Waals surface area contributed by atoms with Gasteiger partial charge in [0, 0.05) is 24.6 Å². The van der Waals surface area contributed by atoms with E-state index in [0.717, 1.165) is 0 Å². The van der Waals surface area contributed by atoms with E-state index in [4.69, 9.17) is 9.47 Å². The zero-order valence-corrected chi connectivity index (χ0v) is 13.9. The van der Waals surface area contributed by atoms with Crippen LogP contribution >= 0.6 is 31.9 Å². The van der Waals surface area contributed by atoms with Crippen molar-refractivity contribution in [2.75, 3.05) is 0 Å². The van der Waals surface area contributed by atoms with Gasteiger partial charge in [-0.25, -0.2) is 0 Å². The lowest BCUT2D eigenvalue weighted by Gasteiger charge is -2.12. The summed E-state index contributed by atoms with van der Waals surface area (Å²) in [5, 5.41) is 1.35. The van der Waals surface area contributed by atoms with Crippen LogP contribution in [-0.4, -0.2) is 11.9 Å². The summed E-state index contributed by atoms with van der Waals surface area (Å²) in [6.07, 6.45) is 0. The highest BCUT2D eigenvalue weighted by molar-refractivity contribution is 9.11. The highest BCUT2D eigenvalue weighted by atomic mass is 79.9. The standard InChI is InChI=1S/C14H10Br2O4/c1-7(17)19-13-9-3-6-12(16)14(20-8(2)18)10(9)4-5-11(13)15/h3-6H,1-2H3. The number of halogens is 2. The molecule has 104 valence electrons. The van der Waals surface area contributed by atoms with E-state index in [2.05, 4.69) is 31.9 Å². The third kappa shape index (κ3) is 3.02. The highest BCUT2D eigenvalue weighted by Crippen LogP contribution is 2.41. The molecule has 2 aromatic rings. The lowest BCUT2D eigenvalue weighted by Crippen LogP contribution is -2.05. The van der Waals surface area contributed by atoms with E-state index in [9.17, 15) is 9.59 Å². The number of rotatable bonds is 2. The number of esters is 2. The third-order valence-corrected chi connectivity index (χ3v) is 3.75. The van der Waals surface area contributed by atoms with Gasteiger partial charge in [0.1, 0.15) is 0 Å². The van der Waals surface area contributed by atoms with E-state index in [-0.39, 0.29) is 0 Å². The number of carbonyl (C=O) groups excluding carboxylic acids is 2. The van der Waals surface area contributed by atoms with E-state index in [1.165, 1.54) is 13.8 Å². The van der Waals surface area contributed by atoms with Crippen LogP contribution in [0.25, 0.3) is 10.8 Å². The van der Waals surface area contributed by atoms with Gasteiger partial charge in [-0.2, -0.15) is 0 Å². The molecule has 0 atom stereocenters. The Morgan fingerprint density at radius 3 is 1.45 bits per heavy atom. The molecule has 0 aliphatic rings. The Labute approximate surface area is 132 Å². The van der Waals surface area contributed by atoms with Gasteiger partial charge in [-0.15, -0.1) is 0 Å². The number of fused-ring (bicyclic) bond motifs is 1. The Morgan fingerprint density at radius 2 is 1.15 bits per heavy atom. The summed E-state index contributed by atoms with van der Waals surface area (Å²) in [5.74, 6) is -0.0443. The van der Waals surface area contributed by atoms with Crippen molar-refractivity contribution in [1.82, 2.24) is 0 Å². The van der Waals surface area contributed by atoms with Crippen LogP contribution < -0.4 is 9.47 Å². The fourth-order valence-corrected chi connectivity index (χ4v) is 2.65. The minimum atomic E-state index is -0.421. The Kier molecular flexibility index (Phi) is 4.45. The summed E-state index contributed by atoms with van der Waals surface area (Å²) in [6.45, 7) is 2.66. The first-order chi connectivity index (χ1) is 9.40. The van der Waals surface area contributed by atoms with Crippen molar-refractivity contribution < 1.29 is 19.1 Å². The summed E-state index contributed by atoms with van der Waals surface area (Å²) in [6, 6.07) is 7.05. The highest BCUT2D eigenvalue weighted by Gasteiger charge is 2.15. The maximum Gasteiger partial charge on any atom is 0.308 e. The van der Waals surface area contributed by atoms with Gasteiger partial charge < -0.3 is 9.47 Å². The molecule has 6 heteroatoms. The number of benzene rings is 2. The summed E-state index contributed by atoms with van der Waals surface area (Å²) in [5.41, 5.74) is 0. The maximum atomic E-state index is 11.2. The maximum absolute atomic E-state index is 11.2. The fourth-order valence-electron chi connectivity index (χ4n) is 1.79. The Morgan fingerprint density at radius 1 is 0.800 bits per heavy atom. The van der Waals surface area contributed by atoms with Crippen LogP contribution in [-0.2, 0) is 9.59 Å². The van der Waals surface area contributed by atoms with Crippen molar-refractivity contribution in [3.63, 3.8) is 0 Å². The van der Waals surface area contributed by atoms with Crippen molar-refractivity contribution in [1.29, 1.82) is 0 Å². The van der Waals surface area contributed by atoms with Crippen LogP contribution in [0.15, 0.2) is 33.2 Å². The number of hydrogen-bond acceptors (Lipinski definition) is 4. The number of carbonyl (C=O) groups is 2. The second kappa shape index (κ2) is 5.93. The van der Waals surface area contributed by atoms with Gasteiger partial charge in [-0.3, -0.25) is 9.59 Å². The Hall–Kier alpha value is -1.40. The van der Waals surface area contributed by atoms with E-state index in [0.29, 0.717) is 31.2 Å². The van der Waals surface area contributed by atoms with E-state index < -0.39 is 11.9 Å². The first-order valence-corrected chi connectivity index (χ1v) is 7.26. The number of hydrogen-bond donors (Lipinski definition) is 0. The fraction of sp³-hybridized carbons (Fsp3) is 0.143. The summed E-state index contributed by atoms with van der Waals surface area (Å²) < 4.78 is 11.7. The largest absolute Gasteiger partial charge is 0.425 e. The van der Waals surface area contributed by atoms with Crippen molar-refractivity contribution in [2.24, 2.45) is 0 Å². The molecule has 4 nitrogen and oxygen atoms in total. The van der Waals surface area contributed by atoms with Crippen LogP contribution in [0.4, 0.5) is 0 Å². The molecule has 0 fully saturated rings. The van der Waals surface area contributed by atoms with Gasteiger partial charge in [0.15, 0.2) is 11.5 Å². The predicted molar refractivity (Wildman–Crippen MR) is 82.0 cm³/mol. The van der Waals surface area contributed by atoms with Crippen LogP contribution in [0, 0.1) is 0 Å². The molecule has 0 N–H and O–H groups in total. The molecule has 0 aliphatic heterocycles. The monoisotopic (exact) mass is 400 g/mol. The Balaban J connectivity index is 2.73. The zero-order valence-electron chi connectivity index (χ0n) is 10.7. The summed E-state index contributed by atoms with van der Waals surface area (Å²) >= 11 is 6.69. The lowest BCUT2D eigenvalue weighted by atomic mass is 10.1. The second-order valence-corrected chi connectivity index (χ2v) is 5.74. The predicted octanol–water partition coefficient (Wildman–Crippen LogP) is 4.22. The molecule has 0 aliphatic carbocycles. The molecule has 0 saturated carbocycles. The molecule has 0 amide bonds. The van der Waals surface area contributed by atoms with E-state index in [1.54, 1.807) is 24.3 Å². The third-order valence-electron chi connectivity index (χ3n) is 2.50. The molecule has 20 heavy (non-hydrogen) atoms. The van der Waals surface area contributed by atoms with Gasteiger partial charge in [-0.05, 0) is 56.1 Å². The van der Waals surface area contributed by atoms with E-state index in [1.807, 2.05) is 0 Å². The van der Waals surface area contributed by atoms with Crippen LogP contribution in [0.5, 0.6) is 11.5 Å². The smallest absolute Gasteiger partial charge is 0.308 e. The van der Waals surface area contributed by atoms with E-state index >= 15 is 0 Å². The quantitative estimate of drug-likeness (QED) is 0.558. The molecule has 2 aromatic carbocycles. The summed E-state index contributed by atoms with van der Waals surface area (Å²) in [7, 11) is 0. The SMILES string of the molecule is CC(=O)Oc1c(Br)ccc2c(OC(C)=O)c(Br)ccc12. The van der Waals surface area contributed by atoms with Crippen molar-refractivity contribution >= 4 is 54.6 Å². The molecular weight excluding hydrogens is 392 g/mol. The zero-order chi connectivity index (χ0) is 14.9. The molecule has 0 bridgehead atoms. The molecule has 0 unspecified atom stereocenters. The van der Waals surface area contributed by atoms with Gasteiger partial charge in [0.25, 0.3) is 0 Å². The molecule has 0 spiro atoms. The minimum absolute atomic E-state index is 0.399. The van der Waals surface area contributed by atoms with Crippen LogP contribution in [0.1, 0.15) is 13.8 Å². The van der Waals surface area contributed by atoms with Crippen molar-refractivity contribution in [2.45, 2.75) is 13.8 Å². The topological polar surface area (TPSA) is 52.6 Å². The number of ether oxygens (including phenoxy) is 2.